The zero-order valence-electron chi connectivity index (χ0n) is 16.7. The van der Waals surface area contributed by atoms with Gasteiger partial charge in [-0.25, -0.2) is 0 Å². The maximum atomic E-state index is 12.7. The predicted octanol–water partition coefficient (Wildman–Crippen LogP) is 3.61. The number of aryl methyl sites for hydroxylation is 1. The summed E-state index contributed by atoms with van der Waals surface area (Å²) < 4.78 is 0. The number of piperidine rings is 1. The molecule has 5 heteroatoms. The summed E-state index contributed by atoms with van der Waals surface area (Å²) in [7, 11) is 0. The molecule has 0 bridgehead atoms. The molecule has 1 amide bonds. The SMILES string of the molecule is Cc1cnccc1N1CCC(C(=O)NCC(O)c2cccc3ccccc23)CC1. The molecule has 4 rings (SSSR count). The van der Waals surface area contributed by atoms with E-state index in [0.29, 0.717) is 0 Å². The minimum absolute atomic E-state index is 0.00638. The first kappa shape index (κ1) is 19.4. The number of nitrogens with one attached hydrogen (secondary N) is 1. The lowest BCUT2D eigenvalue weighted by Gasteiger charge is -2.33. The van der Waals surface area contributed by atoms with Crippen LogP contribution in [0.2, 0.25) is 0 Å². The average molecular weight is 389 g/mol. The molecular formula is C24H27N3O2. The van der Waals surface area contributed by atoms with Gasteiger partial charge in [-0.1, -0.05) is 42.5 Å². The molecule has 1 saturated heterocycles. The highest BCUT2D eigenvalue weighted by atomic mass is 16.3. The Balaban J connectivity index is 1.33. The smallest absolute Gasteiger partial charge is 0.223 e. The Labute approximate surface area is 171 Å². The Morgan fingerprint density at radius 1 is 1.17 bits per heavy atom. The molecule has 1 atom stereocenters. The van der Waals surface area contributed by atoms with Crippen LogP contribution in [0.4, 0.5) is 5.69 Å². The number of hydrogen-bond donors (Lipinski definition) is 2. The van der Waals surface area contributed by atoms with Crippen molar-refractivity contribution in [2.24, 2.45) is 5.92 Å². The molecule has 2 N–H and O–H groups in total. The Morgan fingerprint density at radius 2 is 1.93 bits per heavy atom. The number of benzene rings is 2. The summed E-state index contributed by atoms with van der Waals surface area (Å²) in [4.78, 5) is 19.1. The van der Waals surface area contributed by atoms with Crippen molar-refractivity contribution < 1.29 is 9.90 Å². The predicted molar refractivity (Wildman–Crippen MR) is 116 cm³/mol. The van der Waals surface area contributed by atoms with Crippen LogP contribution in [0.3, 0.4) is 0 Å². The molecule has 29 heavy (non-hydrogen) atoms. The number of carbonyl (C=O) groups excluding carboxylic acids is 1. The highest BCUT2D eigenvalue weighted by molar-refractivity contribution is 5.86. The van der Waals surface area contributed by atoms with Gasteiger partial charge in [-0.15, -0.1) is 0 Å². The first-order valence-corrected chi connectivity index (χ1v) is 10.2. The van der Waals surface area contributed by atoms with Crippen molar-refractivity contribution in [1.82, 2.24) is 10.3 Å². The lowest BCUT2D eigenvalue weighted by molar-refractivity contribution is -0.126. The van der Waals surface area contributed by atoms with E-state index >= 15 is 0 Å². The second kappa shape index (κ2) is 8.62. The molecule has 1 aliphatic heterocycles. The van der Waals surface area contributed by atoms with Crippen LogP contribution in [-0.2, 0) is 4.79 Å². The molecule has 1 aliphatic rings. The van der Waals surface area contributed by atoms with Gasteiger partial charge >= 0.3 is 0 Å². The second-order valence-electron chi connectivity index (χ2n) is 7.75. The van der Waals surface area contributed by atoms with Crippen LogP contribution >= 0.6 is 0 Å². The Bertz CT molecular complexity index is 991. The normalized spacial score (nSPS) is 16.0. The second-order valence-corrected chi connectivity index (χ2v) is 7.75. The van der Waals surface area contributed by atoms with E-state index in [4.69, 9.17) is 0 Å². The fourth-order valence-corrected chi connectivity index (χ4v) is 4.20. The lowest BCUT2D eigenvalue weighted by Crippen LogP contribution is -2.41. The minimum atomic E-state index is -0.718. The summed E-state index contributed by atoms with van der Waals surface area (Å²) in [5, 5.41) is 15.7. The van der Waals surface area contributed by atoms with Crippen molar-refractivity contribution in [2.75, 3.05) is 24.5 Å². The molecule has 2 heterocycles. The number of anilines is 1. The van der Waals surface area contributed by atoms with Crippen molar-refractivity contribution in [3.05, 3.63) is 72.1 Å². The number of rotatable bonds is 5. The maximum absolute atomic E-state index is 12.7. The van der Waals surface area contributed by atoms with E-state index in [1.54, 1.807) is 0 Å². The molecule has 0 spiro atoms. The van der Waals surface area contributed by atoms with Gasteiger partial charge in [0, 0.05) is 43.6 Å². The van der Waals surface area contributed by atoms with Crippen LogP contribution in [0.5, 0.6) is 0 Å². The maximum Gasteiger partial charge on any atom is 0.223 e. The highest BCUT2D eigenvalue weighted by Crippen LogP contribution is 2.26. The standard InChI is InChI=1S/C24H27N3O2/c1-17-15-25-12-9-22(17)27-13-10-19(11-14-27)24(29)26-16-23(28)21-8-4-6-18-5-2-3-7-20(18)21/h2-9,12,15,19,23,28H,10-11,13-14,16H2,1H3,(H,26,29). The van der Waals surface area contributed by atoms with Crippen LogP contribution in [0.25, 0.3) is 10.8 Å². The molecular weight excluding hydrogens is 362 g/mol. The van der Waals surface area contributed by atoms with E-state index in [0.717, 1.165) is 47.8 Å². The number of amides is 1. The van der Waals surface area contributed by atoms with Gasteiger partial charge in [0.25, 0.3) is 0 Å². The molecule has 0 aliphatic carbocycles. The first-order valence-electron chi connectivity index (χ1n) is 10.2. The van der Waals surface area contributed by atoms with Gasteiger partial charge in [0.1, 0.15) is 0 Å². The fraction of sp³-hybridized carbons (Fsp3) is 0.333. The topological polar surface area (TPSA) is 65.5 Å². The molecule has 0 saturated carbocycles. The minimum Gasteiger partial charge on any atom is -0.387 e. The molecule has 150 valence electrons. The van der Waals surface area contributed by atoms with Gasteiger partial charge in [0.15, 0.2) is 0 Å². The molecule has 5 nitrogen and oxygen atoms in total. The summed E-state index contributed by atoms with van der Waals surface area (Å²) in [6, 6.07) is 15.9. The average Bonchev–Trinajstić information content (AvgIpc) is 2.77. The van der Waals surface area contributed by atoms with Crippen molar-refractivity contribution >= 4 is 22.4 Å². The van der Waals surface area contributed by atoms with Gasteiger partial charge in [-0.05, 0) is 47.7 Å². The van der Waals surface area contributed by atoms with Crippen LogP contribution in [0.1, 0.15) is 30.1 Å². The number of aliphatic hydroxyl groups is 1. The fourth-order valence-electron chi connectivity index (χ4n) is 4.20. The van der Waals surface area contributed by atoms with Crippen molar-refractivity contribution in [3.63, 3.8) is 0 Å². The third-order valence-corrected chi connectivity index (χ3v) is 5.85. The third kappa shape index (κ3) is 4.25. The quantitative estimate of drug-likeness (QED) is 0.700. The van der Waals surface area contributed by atoms with Gasteiger partial charge in [0.05, 0.1) is 6.10 Å². The summed E-state index contributed by atoms with van der Waals surface area (Å²) in [6.07, 6.45) is 4.61. The van der Waals surface area contributed by atoms with E-state index < -0.39 is 6.10 Å². The van der Waals surface area contributed by atoms with E-state index in [-0.39, 0.29) is 18.4 Å². The number of hydrogen-bond acceptors (Lipinski definition) is 4. The Kier molecular flexibility index (Phi) is 5.76. The van der Waals surface area contributed by atoms with E-state index in [1.165, 1.54) is 5.69 Å². The number of aromatic nitrogens is 1. The van der Waals surface area contributed by atoms with E-state index in [1.807, 2.05) is 60.9 Å². The summed E-state index contributed by atoms with van der Waals surface area (Å²) in [5.74, 6) is 0.0310. The lowest BCUT2D eigenvalue weighted by atomic mass is 9.95. The van der Waals surface area contributed by atoms with Crippen molar-refractivity contribution in [2.45, 2.75) is 25.9 Å². The summed E-state index contributed by atoms with van der Waals surface area (Å²) in [5.41, 5.74) is 3.21. The number of nitrogens with zero attached hydrogens (tertiary/aromatic N) is 2. The highest BCUT2D eigenvalue weighted by Gasteiger charge is 2.26. The van der Waals surface area contributed by atoms with Crippen LogP contribution in [-0.4, -0.2) is 35.6 Å². The Morgan fingerprint density at radius 3 is 2.72 bits per heavy atom. The molecule has 1 unspecified atom stereocenters. The van der Waals surface area contributed by atoms with Gasteiger partial charge in [-0.3, -0.25) is 9.78 Å². The van der Waals surface area contributed by atoms with E-state index in [2.05, 4.69) is 22.1 Å². The van der Waals surface area contributed by atoms with Gasteiger partial charge in [-0.2, -0.15) is 0 Å². The van der Waals surface area contributed by atoms with Gasteiger partial charge < -0.3 is 15.3 Å². The zero-order chi connectivity index (χ0) is 20.2. The number of fused-ring (bicyclic) bond motifs is 1. The van der Waals surface area contributed by atoms with Crippen molar-refractivity contribution in [1.29, 1.82) is 0 Å². The molecule has 1 fully saturated rings. The third-order valence-electron chi connectivity index (χ3n) is 5.85. The van der Waals surface area contributed by atoms with Crippen LogP contribution < -0.4 is 10.2 Å². The number of aliphatic hydroxyl groups excluding tert-OH is 1. The molecule has 0 radical (unpaired) electrons. The molecule has 1 aromatic heterocycles. The van der Waals surface area contributed by atoms with Crippen molar-refractivity contribution in [3.8, 4) is 0 Å². The number of pyridine rings is 1. The summed E-state index contributed by atoms with van der Waals surface area (Å²) >= 11 is 0. The summed E-state index contributed by atoms with van der Waals surface area (Å²) in [6.45, 7) is 4.01. The van der Waals surface area contributed by atoms with Gasteiger partial charge in [0.2, 0.25) is 5.91 Å². The largest absolute Gasteiger partial charge is 0.387 e. The number of carbonyl (C=O) groups is 1. The monoisotopic (exact) mass is 389 g/mol. The van der Waals surface area contributed by atoms with Crippen LogP contribution in [0, 0.1) is 12.8 Å². The zero-order valence-corrected chi connectivity index (χ0v) is 16.7. The molecule has 2 aromatic carbocycles. The Hall–Kier alpha value is -2.92. The van der Waals surface area contributed by atoms with Crippen LogP contribution in [0.15, 0.2) is 60.9 Å². The first-order chi connectivity index (χ1) is 14.1. The van der Waals surface area contributed by atoms with E-state index in [9.17, 15) is 9.90 Å². The molecule has 3 aromatic rings.